The number of rotatable bonds is 3. The van der Waals surface area contributed by atoms with Crippen molar-refractivity contribution in [1.82, 2.24) is 4.90 Å². The lowest BCUT2D eigenvalue weighted by atomic mass is 10.1. The van der Waals surface area contributed by atoms with E-state index in [9.17, 15) is 26.3 Å². The smallest absolute Gasteiger partial charge is 0.284 e. The maximum Gasteiger partial charge on any atom is 0.416 e. The molecule has 0 N–H and O–H groups in total. The monoisotopic (exact) mass is 371 g/mol. The first-order valence-corrected chi connectivity index (χ1v) is 7.87. The Morgan fingerprint density at radius 3 is 1.96 bits per heavy atom. The molecule has 0 amide bonds. The van der Waals surface area contributed by atoms with Gasteiger partial charge in [-0.1, -0.05) is 48.5 Å². The molecule has 0 saturated carbocycles. The van der Waals surface area contributed by atoms with Crippen LogP contribution in [0.3, 0.4) is 0 Å². The number of alkyl halides is 6. The molecule has 0 spiro atoms. The highest BCUT2D eigenvalue weighted by molar-refractivity contribution is 5.32. The molecule has 0 aromatic heterocycles. The van der Waals surface area contributed by atoms with E-state index < -0.39 is 29.5 Å². The van der Waals surface area contributed by atoms with Gasteiger partial charge >= 0.3 is 12.4 Å². The third-order valence-electron chi connectivity index (χ3n) is 4.30. The predicted octanol–water partition coefficient (Wildman–Crippen LogP) is 5.75. The highest BCUT2D eigenvalue weighted by Crippen LogP contribution is 2.38. The van der Waals surface area contributed by atoms with Gasteiger partial charge < -0.3 is 0 Å². The molecule has 2 aromatic rings. The van der Waals surface area contributed by atoms with Gasteiger partial charge in [0.1, 0.15) is 0 Å². The van der Waals surface area contributed by atoms with Crippen molar-refractivity contribution in [1.29, 1.82) is 0 Å². The Morgan fingerprint density at radius 2 is 1.42 bits per heavy atom. The van der Waals surface area contributed by atoms with Crippen molar-refractivity contribution in [3.8, 4) is 0 Å². The molecule has 3 rings (SSSR count). The molecule has 0 radical (unpaired) electrons. The van der Waals surface area contributed by atoms with Crippen molar-refractivity contribution in [3.63, 3.8) is 0 Å². The lowest BCUT2D eigenvalue weighted by molar-refractivity contribution is -0.137. The first-order chi connectivity index (χ1) is 12.1. The normalized spacial score (nSPS) is 18.8. The second-order valence-electron chi connectivity index (χ2n) is 6.14. The number of benzene rings is 2. The Kier molecular flexibility index (Phi) is 4.84. The van der Waals surface area contributed by atoms with Crippen LogP contribution in [0.1, 0.15) is 22.7 Å². The van der Waals surface area contributed by atoms with Crippen LogP contribution in [-0.4, -0.2) is 17.6 Å². The fraction of sp³-hybridized carbons (Fsp3) is 0.263. The van der Waals surface area contributed by atoms with Gasteiger partial charge in [0.05, 0.1) is 11.6 Å². The predicted molar refractivity (Wildman–Crippen MR) is 85.2 cm³/mol. The average Bonchev–Trinajstić information content (AvgIpc) is 2.99. The topological polar surface area (TPSA) is 3.24 Å². The van der Waals surface area contributed by atoms with Crippen LogP contribution in [0.4, 0.5) is 26.3 Å². The van der Waals surface area contributed by atoms with Crippen molar-refractivity contribution >= 4 is 0 Å². The zero-order chi connectivity index (χ0) is 18.9. The van der Waals surface area contributed by atoms with Crippen molar-refractivity contribution in [2.24, 2.45) is 0 Å². The SMILES string of the molecule is FC(F)(F)C1=CC(c2ccccc2)N(Cc2ccc(C(F)(F)F)cc2)C1. The van der Waals surface area contributed by atoms with Crippen LogP contribution < -0.4 is 0 Å². The summed E-state index contributed by atoms with van der Waals surface area (Å²) in [7, 11) is 0. The van der Waals surface area contributed by atoms with Crippen molar-refractivity contribution < 1.29 is 26.3 Å². The third-order valence-corrected chi connectivity index (χ3v) is 4.30. The third kappa shape index (κ3) is 4.09. The minimum atomic E-state index is -4.44. The summed E-state index contributed by atoms with van der Waals surface area (Å²) < 4.78 is 77.3. The van der Waals surface area contributed by atoms with Gasteiger partial charge in [-0.15, -0.1) is 0 Å². The molecular formula is C19H15F6N. The molecule has 1 nitrogen and oxygen atoms in total. The van der Waals surface area contributed by atoms with E-state index in [0.717, 1.165) is 12.1 Å². The molecule has 1 unspecified atom stereocenters. The van der Waals surface area contributed by atoms with Crippen molar-refractivity contribution in [3.05, 3.63) is 82.9 Å². The van der Waals surface area contributed by atoms with Crippen LogP contribution in [-0.2, 0) is 12.7 Å². The molecule has 0 saturated heterocycles. The summed E-state index contributed by atoms with van der Waals surface area (Å²) in [4.78, 5) is 1.60. The van der Waals surface area contributed by atoms with Crippen molar-refractivity contribution in [2.45, 2.75) is 24.9 Å². The summed E-state index contributed by atoms with van der Waals surface area (Å²) in [5.41, 5.74) is -0.191. The summed E-state index contributed by atoms with van der Waals surface area (Å²) in [6.45, 7) is -0.183. The number of halogens is 6. The summed E-state index contributed by atoms with van der Waals surface area (Å²) in [6, 6.07) is 12.6. The van der Waals surface area contributed by atoms with Gasteiger partial charge in [0.2, 0.25) is 0 Å². The first kappa shape index (κ1) is 18.5. The average molecular weight is 371 g/mol. The molecule has 0 bridgehead atoms. The standard InChI is InChI=1S/C19H15F6N/c20-18(21,22)15-8-6-13(7-9-15)11-26-12-16(19(23,24)25)10-17(26)14-4-2-1-3-5-14/h1-10,17H,11-12H2. The van der Waals surface area contributed by atoms with Crippen LogP contribution in [0.25, 0.3) is 0 Å². The van der Waals surface area contributed by atoms with Gasteiger partial charge in [-0.2, -0.15) is 26.3 Å². The lowest BCUT2D eigenvalue weighted by Gasteiger charge is -2.25. The molecular weight excluding hydrogens is 356 g/mol. The van der Waals surface area contributed by atoms with Crippen LogP contribution in [0.15, 0.2) is 66.2 Å². The van der Waals surface area contributed by atoms with Gasteiger partial charge in [0, 0.05) is 18.7 Å². The molecule has 0 aliphatic carbocycles. The molecule has 138 valence electrons. The largest absolute Gasteiger partial charge is 0.416 e. The summed E-state index contributed by atoms with van der Waals surface area (Å²) in [5, 5.41) is 0. The van der Waals surface area contributed by atoms with E-state index in [1.807, 2.05) is 0 Å². The second kappa shape index (κ2) is 6.79. The summed E-state index contributed by atoms with van der Waals surface area (Å²) in [5.74, 6) is 0. The Morgan fingerprint density at radius 1 is 0.808 bits per heavy atom. The highest BCUT2D eigenvalue weighted by atomic mass is 19.4. The number of hydrogen-bond acceptors (Lipinski definition) is 1. The highest BCUT2D eigenvalue weighted by Gasteiger charge is 2.40. The van der Waals surface area contributed by atoms with E-state index in [4.69, 9.17) is 0 Å². The van der Waals surface area contributed by atoms with E-state index in [0.29, 0.717) is 11.1 Å². The van der Waals surface area contributed by atoms with Gasteiger partial charge in [-0.25, -0.2) is 0 Å². The Hall–Kier alpha value is -2.28. The molecule has 2 aromatic carbocycles. The van der Waals surface area contributed by atoms with Gasteiger partial charge in [0.15, 0.2) is 0 Å². The fourth-order valence-electron chi connectivity index (χ4n) is 3.00. The van der Waals surface area contributed by atoms with Gasteiger partial charge in [-0.05, 0) is 23.3 Å². The van der Waals surface area contributed by atoms with Crippen LogP contribution in [0, 0.1) is 0 Å². The van der Waals surface area contributed by atoms with Gasteiger partial charge in [-0.3, -0.25) is 4.90 Å². The number of nitrogens with zero attached hydrogens (tertiary/aromatic N) is 1. The van der Waals surface area contributed by atoms with Gasteiger partial charge in [0.25, 0.3) is 0 Å². The Labute approximate surface area is 146 Å². The molecule has 26 heavy (non-hydrogen) atoms. The Balaban J connectivity index is 1.84. The molecule has 0 fully saturated rings. The van der Waals surface area contributed by atoms with Crippen LogP contribution in [0.5, 0.6) is 0 Å². The van der Waals surface area contributed by atoms with Crippen LogP contribution in [0.2, 0.25) is 0 Å². The lowest BCUT2D eigenvalue weighted by Crippen LogP contribution is -2.26. The minimum Gasteiger partial charge on any atom is -0.284 e. The maximum absolute atomic E-state index is 13.1. The minimum absolute atomic E-state index is 0.119. The molecule has 1 atom stereocenters. The van der Waals surface area contributed by atoms with E-state index in [1.54, 1.807) is 35.2 Å². The van der Waals surface area contributed by atoms with E-state index >= 15 is 0 Å². The molecule has 1 heterocycles. The summed E-state index contributed by atoms with van der Waals surface area (Å²) >= 11 is 0. The first-order valence-electron chi connectivity index (χ1n) is 7.87. The summed E-state index contributed by atoms with van der Waals surface area (Å²) in [6.07, 6.45) is -7.69. The zero-order valence-corrected chi connectivity index (χ0v) is 13.5. The second-order valence-corrected chi connectivity index (χ2v) is 6.14. The van der Waals surface area contributed by atoms with Crippen molar-refractivity contribution in [2.75, 3.05) is 6.54 Å². The fourth-order valence-corrected chi connectivity index (χ4v) is 3.00. The molecule has 1 aliphatic heterocycles. The van der Waals surface area contributed by atoms with E-state index in [1.165, 1.54) is 18.2 Å². The van der Waals surface area contributed by atoms with E-state index in [-0.39, 0.29) is 13.1 Å². The maximum atomic E-state index is 13.1. The molecule has 7 heteroatoms. The zero-order valence-electron chi connectivity index (χ0n) is 13.5. The Bertz CT molecular complexity index is 774. The van der Waals surface area contributed by atoms with E-state index in [2.05, 4.69) is 0 Å². The quantitative estimate of drug-likeness (QED) is 0.490. The molecule has 1 aliphatic rings. The number of hydrogen-bond donors (Lipinski definition) is 0. The van der Waals surface area contributed by atoms with Crippen LogP contribution >= 0.6 is 0 Å².